The Bertz CT molecular complexity index is 199. The van der Waals surface area contributed by atoms with E-state index in [0.717, 1.165) is 31.5 Å². The van der Waals surface area contributed by atoms with E-state index in [0.29, 0.717) is 5.41 Å². The van der Waals surface area contributed by atoms with E-state index in [1.165, 1.54) is 32.2 Å². The summed E-state index contributed by atoms with van der Waals surface area (Å²) in [5.41, 5.74) is 0.552. The summed E-state index contributed by atoms with van der Waals surface area (Å²) in [4.78, 5) is 0. The first-order chi connectivity index (χ1) is 8.02. The third-order valence-corrected chi connectivity index (χ3v) is 4.15. The van der Waals surface area contributed by atoms with Crippen molar-refractivity contribution in [3.05, 3.63) is 0 Å². The van der Waals surface area contributed by atoms with Gasteiger partial charge in [-0.3, -0.25) is 0 Å². The molecule has 0 aromatic rings. The van der Waals surface area contributed by atoms with E-state index in [2.05, 4.69) is 38.3 Å². The predicted molar refractivity (Wildman–Crippen MR) is 76.3 cm³/mol. The first-order valence-electron chi connectivity index (χ1n) is 7.44. The minimum absolute atomic E-state index is 0.552. The number of hydrogen-bond donors (Lipinski definition) is 2. The van der Waals surface area contributed by atoms with Crippen LogP contribution in [0.5, 0.6) is 0 Å². The highest BCUT2D eigenvalue weighted by Crippen LogP contribution is 2.39. The van der Waals surface area contributed by atoms with Crippen LogP contribution in [-0.2, 0) is 0 Å². The zero-order valence-electron chi connectivity index (χ0n) is 12.3. The largest absolute Gasteiger partial charge is 0.315 e. The van der Waals surface area contributed by atoms with Gasteiger partial charge in [0.2, 0.25) is 0 Å². The molecular formula is C15H32N2. The van der Waals surface area contributed by atoms with Crippen LogP contribution in [0.25, 0.3) is 0 Å². The Kier molecular flexibility index (Phi) is 6.50. The molecular weight excluding hydrogens is 208 g/mol. The highest BCUT2D eigenvalue weighted by atomic mass is 14.9. The molecule has 2 heteroatoms. The van der Waals surface area contributed by atoms with Crippen LogP contribution >= 0.6 is 0 Å². The lowest BCUT2D eigenvalue weighted by molar-refractivity contribution is 0.136. The third-order valence-electron chi connectivity index (χ3n) is 4.15. The van der Waals surface area contributed by atoms with Crippen molar-refractivity contribution in [2.45, 2.75) is 53.4 Å². The van der Waals surface area contributed by atoms with Crippen molar-refractivity contribution in [3.8, 4) is 0 Å². The standard InChI is InChI=1S/C15H32N2/c1-13(2)11-16-9-10-17-12-14-7-5-6-8-15(14,3)4/h13-14,16-17H,5-12H2,1-4H3. The van der Waals surface area contributed by atoms with Gasteiger partial charge in [-0.1, -0.05) is 40.5 Å². The van der Waals surface area contributed by atoms with Gasteiger partial charge in [0.05, 0.1) is 0 Å². The monoisotopic (exact) mass is 240 g/mol. The fraction of sp³-hybridized carbons (Fsp3) is 1.00. The minimum Gasteiger partial charge on any atom is -0.315 e. The van der Waals surface area contributed by atoms with Gasteiger partial charge in [-0.2, -0.15) is 0 Å². The summed E-state index contributed by atoms with van der Waals surface area (Å²) in [6.07, 6.45) is 5.69. The molecule has 0 amide bonds. The molecule has 0 saturated heterocycles. The van der Waals surface area contributed by atoms with Gasteiger partial charge >= 0.3 is 0 Å². The van der Waals surface area contributed by atoms with Crippen LogP contribution in [0.1, 0.15) is 53.4 Å². The zero-order chi connectivity index (χ0) is 12.7. The molecule has 0 aromatic heterocycles. The lowest BCUT2D eigenvalue weighted by atomic mass is 9.69. The molecule has 1 unspecified atom stereocenters. The topological polar surface area (TPSA) is 24.1 Å². The average Bonchev–Trinajstić information content (AvgIpc) is 2.24. The fourth-order valence-electron chi connectivity index (χ4n) is 2.79. The van der Waals surface area contributed by atoms with Crippen molar-refractivity contribution in [2.75, 3.05) is 26.2 Å². The third kappa shape index (κ3) is 5.87. The molecule has 1 saturated carbocycles. The molecule has 1 aliphatic rings. The number of nitrogens with one attached hydrogen (secondary N) is 2. The molecule has 0 heterocycles. The van der Waals surface area contributed by atoms with Crippen molar-refractivity contribution in [2.24, 2.45) is 17.3 Å². The van der Waals surface area contributed by atoms with Crippen LogP contribution in [0.3, 0.4) is 0 Å². The highest BCUT2D eigenvalue weighted by Gasteiger charge is 2.31. The Morgan fingerprint density at radius 2 is 1.82 bits per heavy atom. The normalized spacial score (nSPS) is 24.2. The van der Waals surface area contributed by atoms with E-state index >= 15 is 0 Å². The molecule has 0 aromatic carbocycles. The molecule has 1 atom stereocenters. The van der Waals surface area contributed by atoms with Crippen molar-refractivity contribution in [3.63, 3.8) is 0 Å². The van der Waals surface area contributed by atoms with Gasteiger partial charge in [-0.15, -0.1) is 0 Å². The lowest BCUT2D eigenvalue weighted by Crippen LogP contribution is -2.38. The Hall–Kier alpha value is -0.0800. The van der Waals surface area contributed by atoms with Crippen molar-refractivity contribution in [1.82, 2.24) is 10.6 Å². The van der Waals surface area contributed by atoms with Gasteiger partial charge in [-0.25, -0.2) is 0 Å². The summed E-state index contributed by atoms with van der Waals surface area (Å²) in [6, 6.07) is 0. The maximum Gasteiger partial charge on any atom is 0.00768 e. The Morgan fingerprint density at radius 1 is 1.12 bits per heavy atom. The van der Waals surface area contributed by atoms with Gasteiger partial charge in [0, 0.05) is 13.1 Å². The molecule has 17 heavy (non-hydrogen) atoms. The van der Waals surface area contributed by atoms with E-state index in [1.807, 2.05) is 0 Å². The van der Waals surface area contributed by atoms with E-state index in [1.54, 1.807) is 0 Å². The predicted octanol–water partition coefficient (Wildman–Crippen LogP) is 3.04. The van der Waals surface area contributed by atoms with Crippen LogP contribution in [0, 0.1) is 17.3 Å². The van der Waals surface area contributed by atoms with E-state index in [9.17, 15) is 0 Å². The van der Waals surface area contributed by atoms with E-state index in [-0.39, 0.29) is 0 Å². The lowest BCUT2D eigenvalue weighted by Gasteiger charge is -2.38. The Morgan fingerprint density at radius 3 is 2.47 bits per heavy atom. The quantitative estimate of drug-likeness (QED) is 0.668. The number of hydrogen-bond acceptors (Lipinski definition) is 2. The fourth-order valence-corrected chi connectivity index (χ4v) is 2.79. The second-order valence-corrected chi connectivity index (χ2v) is 6.73. The summed E-state index contributed by atoms with van der Waals surface area (Å²) in [5, 5.41) is 7.10. The maximum absolute atomic E-state index is 3.62. The summed E-state index contributed by atoms with van der Waals surface area (Å²) >= 11 is 0. The van der Waals surface area contributed by atoms with Gasteiger partial charge in [0.1, 0.15) is 0 Å². The van der Waals surface area contributed by atoms with E-state index < -0.39 is 0 Å². The van der Waals surface area contributed by atoms with Gasteiger partial charge in [0.25, 0.3) is 0 Å². The molecule has 0 spiro atoms. The minimum atomic E-state index is 0.552. The van der Waals surface area contributed by atoms with Crippen molar-refractivity contribution < 1.29 is 0 Å². The molecule has 2 N–H and O–H groups in total. The second kappa shape index (κ2) is 7.38. The molecule has 0 bridgehead atoms. The summed E-state index contributed by atoms with van der Waals surface area (Å²) in [5.74, 6) is 1.63. The smallest absolute Gasteiger partial charge is 0.00768 e. The number of rotatable bonds is 7. The van der Waals surface area contributed by atoms with Crippen LogP contribution in [0.2, 0.25) is 0 Å². The van der Waals surface area contributed by atoms with Crippen molar-refractivity contribution >= 4 is 0 Å². The van der Waals surface area contributed by atoms with Crippen LogP contribution in [0.15, 0.2) is 0 Å². The molecule has 1 fully saturated rings. The first-order valence-corrected chi connectivity index (χ1v) is 7.44. The molecule has 2 nitrogen and oxygen atoms in total. The van der Waals surface area contributed by atoms with Gasteiger partial charge in [-0.05, 0) is 43.2 Å². The maximum atomic E-state index is 3.62. The first kappa shape index (κ1) is 15.0. The molecule has 1 aliphatic carbocycles. The highest BCUT2D eigenvalue weighted by molar-refractivity contribution is 4.83. The van der Waals surface area contributed by atoms with Crippen LogP contribution in [-0.4, -0.2) is 26.2 Å². The van der Waals surface area contributed by atoms with Gasteiger partial charge in [0.15, 0.2) is 0 Å². The summed E-state index contributed by atoms with van der Waals surface area (Å²) < 4.78 is 0. The van der Waals surface area contributed by atoms with Crippen LogP contribution < -0.4 is 10.6 Å². The molecule has 0 radical (unpaired) electrons. The summed E-state index contributed by atoms with van der Waals surface area (Å²) in [6.45, 7) is 13.9. The summed E-state index contributed by atoms with van der Waals surface area (Å²) in [7, 11) is 0. The van der Waals surface area contributed by atoms with Crippen molar-refractivity contribution in [1.29, 1.82) is 0 Å². The zero-order valence-corrected chi connectivity index (χ0v) is 12.3. The second-order valence-electron chi connectivity index (χ2n) is 6.73. The molecule has 1 rings (SSSR count). The molecule has 0 aliphatic heterocycles. The molecule has 102 valence electrons. The Balaban J connectivity index is 2.05. The SMILES string of the molecule is CC(C)CNCCNCC1CCCCC1(C)C. The van der Waals surface area contributed by atoms with E-state index in [4.69, 9.17) is 0 Å². The van der Waals surface area contributed by atoms with Gasteiger partial charge < -0.3 is 10.6 Å². The Labute approximate surface area is 108 Å². The average molecular weight is 240 g/mol. The van der Waals surface area contributed by atoms with Crippen LogP contribution in [0.4, 0.5) is 0 Å².